The predicted octanol–water partition coefficient (Wildman–Crippen LogP) is 4.00. The Morgan fingerprint density at radius 3 is 2.50 bits per heavy atom. The maximum absolute atomic E-state index is 10.7. The first-order valence-corrected chi connectivity index (χ1v) is 8.62. The summed E-state index contributed by atoms with van der Waals surface area (Å²) in [5.41, 5.74) is 3.17. The van der Waals surface area contributed by atoms with Crippen LogP contribution in [-0.4, -0.2) is 31.5 Å². The number of likely N-dealkylation sites (N-methyl/N-ethyl adjacent to an activating group) is 1. The minimum atomic E-state index is 0.543. The number of hydrogen-bond donors (Lipinski definition) is 0. The van der Waals surface area contributed by atoms with E-state index in [1.54, 1.807) is 12.1 Å². The molecule has 0 saturated carbocycles. The minimum absolute atomic E-state index is 0.543. The Morgan fingerprint density at radius 1 is 1.00 bits per heavy atom. The van der Waals surface area contributed by atoms with Gasteiger partial charge >= 0.3 is 0 Å². The summed E-state index contributed by atoms with van der Waals surface area (Å²) in [5, 5.41) is 0. The summed E-state index contributed by atoms with van der Waals surface area (Å²) in [6, 6.07) is 21.7. The maximum atomic E-state index is 10.7. The van der Waals surface area contributed by atoms with Crippen LogP contribution in [0.4, 0.5) is 5.82 Å². The summed E-state index contributed by atoms with van der Waals surface area (Å²) >= 11 is 0. The first kappa shape index (κ1) is 17.7. The second-order valence-corrected chi connectivity index (χ2v) is 6.14. The van der Waals surface area contributed by atoms with Gasteiger partial charge in [-0.1, -0.05) is 30.3 Å². The number of carbonyl (C=O) groups excluding carboxylic acids is 1. The fourth-order valence-corrected chi connectivity index (χ4v) is 2.67. The van der Waals surface area contributed by atoms with E-state index in [0.717, 1.165) is 30.8 Å². The highest BCUT2D eigenvalue weighted by molar-refractivity contribution is 5.74. The zero-order valence-corrected chi connectivity index (χ0v) is 14.8. The van der Waals surface area contributed by atoms with Crippen LogP contribution < -0.4 is 9.64 Å². The van der Waals surface area contributed by atoms with Crippen molar-refractivity contribution in [3.8, 4) is 5.75 Å². The molecule has 0 radical (unpaired) electrons. The second-order valence-electron chi connectivity index (χ2n) is 6.14. The average molecular weight is 346 g/mol. The lowest BCUT2D eigenvalue weighted by molar-refractivity contribution is 0.112. The first-order chi connectivity index (χ1) is 12.7. The van der Waals surface area contributed by atoms with Gasteiger partial charge in [0.2, 0.25) is 0 Å². The Hall–Kier alpha value is -3.14. The maximum Gasteiger partial charge on any atom is 0.150 e. The number of carbonyl (C=O) groups is 1. The highest BCUT2D eigenvalue weighted by Gasteiger charge is 2.05. The van der Waals surface area contributed by atoms with Gasteiger partial charge < -0.3 is 9.64 Å². The molecule has 3 rings (SSSR count). The van der Waals surface area contributed by atoms with Gasteiger partial charge in [-0.3, -0.25) is 4.79 Å². The summed E-state index contributed by atoms with van der Waals surface area (Å²) < 4.78 is 5.74. The van der Waals surface area contributed by atoms with Crippen LogP contribution in [0.15, 0.2) is 72.9 Å². The van der Waals surface area contributed by atoms with Gasteiger partial charge in [0, 0.05) is 18.8 Å². The SMILES string of the molecule is CN(CCOc1ccc(C=O)cc1)c1cc(Cc2ccccc2)ccn1. The molecule has 0 fully saturated rings. The topological polar surface area (TPSA) is 42.4 Å². The molecule has 0 atom stereocenters. The van der Waals surface area contributed by atoms with E-state index in [-0.39, 0.29) is 0 Å². The third-order valence-electron chi connectivity index (χ3n) is 4.16. The molecule has 0 N–H and O–H groups in total. The monoisotopic (exact) mass is 346 g/mol. The molecule has 0 aliphatic heterocycles. The predicted molar refractivity (Wildman–Crippen MR) is 104 cm³/mol. The number of hydrogen-bond acceptors (Lipinski definition) is 4. The van der Waals surface area contributed by atoms with Crippen LogP contribution in [0.25, 0.3) is 0 Å². The van der Waals surface area contributed by atoms with E-state index in [1.807, 2.05) is 31.4 Å². The standard InChI is InChI=1S/C22H22N2O2/c1-24(13-14-26-21-9-7-19(17-25)8-10-21)22-16-20(11-12-23-22)15-18-5-3-2-4-6-18/h2-12,16-17H,13-15H2,1H3. The van der Waals surface area contributed by atoms with Crippen molar-refractivity contribution in [2.45, 2.75) is 6.42 Å². The fourth-order valence-electron chi connectivity index (χ4n) is 2.67. The molecule has 26 heavy (non-hydrogen) atoms. The van der Waals surface area contributed by atoms with Crippen molar-refractivity contribution in [1.29, 1.82) is 0 Å². The smallest absolute Gasteiger partial charge is 0.150 e. The van der Waals surface area contributed by atoms with Crippen LogP contribution in [0.1, 0.15) is 21.5 Å². The third-order valence-corrected chi connectivity index (χ3v) is 4.16. The van der Waals surface area contributed by atoms with Crippen LogP contribution in [0.2, 0.25) is 0 Å². The van der Waals surface area contributed by atoms with E-state index >= 15 is 0 Å². The molecule has 132 valence electrons. The van der Waals surface area contributed by atoms with Crippen molar-refractivity contribution >= 4 is 12.1 Å². The molecule has 1 aromatic heterocycles. The van der Waals surface area contributed by atoms with E-state index < -0.39 is 0 Å². The Bertz CT molecular complexity index is 832. The minimum Gasteiger partial charge on any atom is -0.492 e. The van der Waals surface area contributed by atoms with Crippen molar-refractivity contribution in [3.05, 3.63) is 89.6 Å². The Morgan fingerprint density at radius 2 is 1.77 bits per heavy atom. The summed E-state index contributed by atoms with van der Waals surface area (Å²) in [5.74, 6) is 1.69. The second kappa shape index (κ2) is 8.81. The van der Waals surface area contributed by atoms with Crippen molar-refractivity contribution in [2.24, 2.45) is 0 Å². The van der Waals surface area contributed by atoms with Crippen LogP contribution in [0, 0.1) is 0 Å². The van der Waals surface area contributed by atoms with Gasteiger partial charge in [-0.15, -0.1) is 0 Å². The van der Waals surface area contributed by atoms with Gasteiger partial charge in [0.1, 0.15) is 24.5 Å². The van der Waals surface area contributed by atoms with Crippen molar-refractivity contribution in [3.63, 3.8) is 0 Å². The number of pyridine rings is 1. The van der Waals surface area contributed by atoms with E-state index in [4.69, 9.17) is 4.74 Å². The lowest BCUT2D eigenvalue weighted by Gasteiger charge is -2.19. The van der Waals surface area contributed by atoms with Crippen LogP contribution in [-0.2, 0) is 6.42 Å². The molecule has 4 nitrogen and oxygen atoms in total. The Balaban J connectivity index is 1.54. The van der Waals surface area contributed by atoms with E-state index in [1.165, 1.54) is 11.1 Å². The number of anilines is 1. The number of aldehydes is 1. The summed E-state index contributed by atoms with van der Waals surface area (Å²) in [4.78, 5) is 17.2. The number of ether oxygens (including phenoxy) is 1. The highest BCUT2D eigenvalue weighted by Crippen LogP contribution is 2.15. The van der Waals surface area contributed by atoms with Crippen molar-refractivity contribution in [2.75, 3.05) is 25.1 Å². The quantitative estimate of drug-likeness (QED) is 0.578. The molecule has 0 aliphatic rings. The van der Waals surface area contributed by atoms with Gasteiger partial charge in [0.05, 0.1) is 6.54 Å². The third kappa shape index (κ3) is 4.93. The molecular formula is C22H22N2O2. The highest BCUT2D eigenvalue weighted by atomic mass is 16.5. The normalized spacial score (nSPS) is 10.3. The van der Waals surface area contributed by atoms with Crippen molar-refractivity contribution in [1.82, 2.24) is 4.98 Å². The summed E-state index contributed by atoms with van der Waals surface area (Å²) in [7, 11) is 2.01. The zero-order valence-electron chi connectivity index (χ0n) is 14.8. The van der Waals surface area contributed by atoms with Gasteiger partial charge in [-0.25, -0.2) is 4.98 Å². The molecule has 2 aromatic carbocycles. The lowest BCUT2D eigenvalue weighted by Crippen LogP contribution is -2.24. The summed E-state index contributed by atoms with van der Waals surface area (Å²) in [6.07, 6.45) is 3.57. The Kier molecular flexibility index (Phi) is 5.99. The molecule has 1 heterocycles. The molecule has 0 bridgehead atoms. The molecule has 3 aromatic rings. The van der Waals surface area contributed by atoms with Gasteiger partial charge in [-0.2, -0.15) is 0 Å². The number of nitrogens with zero attached hydrogens (tertiary/aromatic N) is 2. The molecule has 4 heteroatoms. The van der Waals surface area contributed by atoms with Gasteiger partial charge in [-0.05, 0) is 53.9 Å². The molecule has 0 aliphatic carbocycles. The van der Waals surface area contributed by atoms with Gasteiger partial charge in [0.15, 0.2) is 0 Å². The van der Waals surface area contributed by atoms with E-state index in [2.05, 4.69) is 46.3 Å². The number of benzene rings is 2. The van der Waals surface area contributed by atoms with Gasteiger partial charge in [0.25, 0.3) is 0 Å². The molecule has 0 spiro atoms. The lowest BCUT2D eigenvalue weighted by atomic mass is 10.1. The first-order valence-electron chi connectivity index (χ1n) is 8.62. The van der Waals surface area contributed by atoms with E-state index in [9.17, 15) is 4.79 Å². The van der Waals surface area contributed by atoms with Crippen LogP contribution >= 0.6 is 0 Å². The van der Waals surface area contributed by atoms with Crippen LogP contribution in [0.3, 0.4) is 0 Å². The number of aromatic nitrogens is 1. The van der Waals surface area contributed by atoms with E-state index in [0.29, 0.717) is 12.2 Å². The Labute approximate surface area is 154 Å². The molecule has 0 saturated heterocycles. The summed E-state index contributed by atoms with van der Waals surface area (Å²) in [6.45, 7) is 1.26. The number of rotatable bonds is 8. The largest absolute Gasteiger partial charge is 0.492 e. The fraction of sp³-hybridized carbons (Fsp3) is 0.182. The van der Waals surface area contributed by atoms with Crippen molar-refractivity contribution < 1.29 is 9.53 Å². The van der Waals surface area contributed by atoms with Crippen LogP contribution in [0.5, 0.6) is 5.75 Å². The molecule has 0 amide bonds. The zero-order chi connectivity index (χ0) is 18.2. The molecular weight excluding hydrogens is 324 g/mol. The average Bonchev–Trinajstić information content (AvgIpc) is 2.69. The molecule has 0 unspecified atom stereocenters.